The van der Waals surface area contributed by atoms with E-state index in [0.717, 1.165) is 0 Å². The molecule has 2 rings (SSSR count). The highest BCUT2D eigenvalue weighted by atomic mass is 79.9. The second kappa shape index (κ2) is 10.8. The second-order valence-corrected chi connectivity index (χ2v) is 13.9. The van der Waals surface area contributed by atoms with Crippen molar-refractivity contribution in [1.29, 1.82) is 0 Å². The van der Waals surface area contributed by atoms with Gasteiger partial charge in [0.2, 0.25) is 0 Å². The summed E-state index contributed by atoms with van der Waals surface area (Å²) in [5.74, 6) is -0.0572. The van der Waals surface area contributed by atoms with Crippen LogP contribution in [-0.4, -0.2) is 71.6 Å². The van der Waals surface area contributed by atoms with E-state index in [4.69, 9.17) is 19.2 Å². The lowest BCUT2D eigenvalue weighted by Gasteiger charge is -2.55. The molecule has 1 aromatic rings. The fourth-order valence-corrected chi connectivity index (χ4v) is 6.58. The zero-order valence-electron chi connectivity index (χ0n) is 21.2. The van der Waals surface area contributed by atoms with Crippen molar-refractivity contribution in [3.05, 3.63) is 34.1 Å². The number of aliphatic imine (C=N–C) groups is 1. The summed E-state index contributed by atoms with van der Waals surface area (Å²) >= 11 is 3.40. The minimum Gasteiger partial charge on any atom is -0.443 e. The highest BCUT2D eigenvalue weighted by Crippen LogP contribution is 2.60. The Labute approximate surface area is 212 Å². The lowest BCUT2D eigenvalue weighted by molar-refractivity contribution is -0.00310. The lowest BCUT2D eigenvalue weighted by Crippen LogP contribution is -2.60. The summed E-state index contributed by atoms with van der Waals surface area (Å²) in [6, 6.07) is 4.61. The van der Waals surface area contributed by atoms with E-state index in [1.807, 2.05) is 0 Å². The zero-order valence-corrected chi connectivity index (χ0v) is 23.6. The van der Waals surface area contributed by atoms with Crippen molar-refractivity contribution < 1.29 is 27.9 Å². The number of amidine groups is 1. The lowest BCUT2D eigenvalue weighted by atomic mass is 9.93. The van der Waals surface area contributed by atoms with Crippen molar-refractivity contribution in [2.24, 2.45) is 4.99 Å². The molecule has 0 saturated heterocycles. The number of rotatable bonds is 7. The van der Waals surface area contributed by atoms with Crippen LogP contribution in [0.2, 0.25) is 0 Å². The predicted molar refractivity (Wildman–Crippen MR) is 138 cm³/mol. The third kappa shape index (κ3) is 6.30. The van der Waals surface area contributed by atoms with Gasteiger partial charge in [0.25, 0.3) is 0 Å². The van der Waals surface area contributed by atoms with Gasteiger partial charge in [-0.15, -0.1) is 0 Å². The van der Waals surface area contributed by atoms with E-state index < -0.39 is 38.3 Å². The number of methoxy groups -OCH3 is 1. The van der Waals surface area contributed by atoms with Gasteiger partial charge in [0.1, 0.15) is 24.0 Å². The molecule has 8 nitrogen and oxygen atoms in total. The molecule has 0 spiro atoms. The van der Waals surface area contributed by atoms with Crippen molar-refractivity contribution in [3.8, 4) is 0 Å². The van der Waals surface area contributed by atoms with Crippen LogP contribution in [0.5, 0.6) is 0 Å². The van der Waals surface area contributed by atoms with E-state index >= 15 is 4.39 Å². The fraction of sp³-hybridized carbons (Fsp3) is 0.652. The molecule has 0 bridgehead atoms. The van der Waals surface area contributed by atoms with Crippen molar-refractivity contribution >= 4 is 38.4 Å². The van der Waals surface area contributed by atoms with Gasteiger partial charge >= 0.3 is 6.09 Å². The van der Waals surface area contributed by atoms with Gasteiger partial charge < -0.3 is 18.8 Å². The van der Waals surface area contributed by atoms with Crippen LogP contribution in [0.4, 0.5) is 9.18 Å². The number of hydrogen-bond donors (Lipinski definition) is 2. The molecule has 0 aromatic heterocycles. The summed E-state index contributed by atoms with van der Waals surface area (Å²) in [7, 11) is 0.570. The molecule has 194 valence electrons. The molecule has 0 aliphatic carbocycles. The van der Waals surface area contributed by atoms with E-state index in [0.29, 0.717) is 16.6 Å². The van der Waals surface area contributed by atoms with Gasteiger partial charge in [-0.3, -0.25) is 9.71 Å². The first-order valence-electron chi connectivity index (χ1n) is 10.9. The van der Waals surface area contributed by atoms with Crippen LogP contribution in [0.3, 0.4) is 0 Å². The molecule has 1 unspecified atom stereocenters. The molecule has 1 heterocycles. The number of ether oxygens (including phenoxy) is 3. The smallest absolute Gasteiger partial charge is 0.417 e. The van der Waals surface area contributed by atoms with Crippen LogP contribution in [0, 0.1) is 5.82 Å². The number of carbonyl (C=O) groups excluding carboxylic acids is 1. The van der Waals surface area contributed by atoms with Crippen LogP contribution in [0.1, 0.15) is 47.1 Å². The summed E-state index contributed by atoms with van der Waals surface area (Å²) in [6.07, 6.45) is -0.673. The topological polar surface area (TPSA) is 92.6 Å². The highest BCUT2D eigenvalue weighted by molar-refractivity contribution is 9.10. The Morgan fingerprint density at radius 1 is 1.32 bits per heavy atom. The SMILES string of the molecule is CNS1(O)C[C@@](C)(c2cc(Br)ccc2F)N=C(N(COCCOC)C(=O)OC(C)(C)C)C1(C)C. The second-order valence-electron chi connectivity index (χ2n) is 9.83. The Morgan fingerprint density at radius 3 is 2.53 bits per heavy atom. The maximum absolute atomic E-state index is 15.0. The fourth-order valence-electron chi connectivity index (χ4n) is 3.72. The first-order valence-corrected chi connectivity index (χ1v) is 13.5. The standard InChI is InChI=1S/C23H37BrFN3O5S/c1-21(2,3)33-20(29)28(15-32-12-11-31-8)19-22(4,5)34(30,26-7)14-23(6,27-19)17-13-16(24)9-10-18(17)25/h9-10,13,26,30H,11-12,14-15H2,1-8H3/t23-/m0/s1. The molecular formula is C23H37BrFN3O5S. The van der Waals surface area contributed by atoms with Crippen molar-refractivity contribution in [1.82, 2.24) is 9.62 Å². The molecule has 0 fully saturated rings. The van der Waals surface area contributed by atoms with Gasteiger partial charge in [0.15, 0.2) is 0 Å². The number of benzene rings is 1. The third-order valence-corrected chi connectivity index (χ3v) is 9.61. The van der Waals surface area contributed by atoms with E-state index in [1.165, 1.54) is 11.0 Å². The van der Waals surface area contributed by atoms with Gasteiger partial charge in [-0.25, -0.2) is 14.1 Å². The Bertz CT molecular complexity index is 926. The number of nitrogens with zero attached hydrogens (tertiary/aromatic N) is 2. The molecule has 1 aliphatic rings. The minimum absolute atomic E-state index is 0.146. The molecule has 0 radical (unpaired) electrons. The molecule has 1 amide bonds. The van der Waals surface area contributed by atoms with E-state index in [9.17, 15) is 9.35 Å². The summed E-state index contributed by atoms with van der Waals surface area (Å²) < 4.78 is 46.0. The average Bonchev–Trinajstić information content (AvgIpc) is 2.72. The van der Waals surface area contributed by atoms with Crippen molar-refractivity contribution in [3.63, 3.8) is 0 Å². The van der Waals surface area contributed by atoms with E-state index in [-0.39, 0.29) is 24.9 Å². The van der Waals surface area contributed by atoms with Crippen LogP contribution in [0.25, 0.3) is 0 Å². The number of amides is 1. The van der Waals surface area contributed by atoms with E-state index in [1.54, 1.807) is 67.8 Å². The Kier molecular flexibility index (Phi) is 9.21. The molecule has 34 heavy (non-hydrogen) atoms. The molecule has 1 aromatic carbocycles. The van der Waals surface area contributed by atoms with Crippen LogP contribution in [0.15, 0.2) is 27.7 Å². The minimum atomic E-state index is -2.64. The van der Waals surface area contributed by atoms with Crippen LogP contribution in [-0.2, 0) is 19.7 Å². The first-order chi connectivity index (χ1) is 15.6. The quantitative estimate of drug-likeness (QED) is 0.346. The highest BCUT2D eigenvalue weighted by Gasteiger charge is 2.54. The van der Waals surface area contributed by atoms with Gasteiger partial charge in [-0.2, -0.15) is 0 Å². The number of nitrogens with one attached hydrogen (secondary N) is 1. The van der Waals surface area contributed by atoms with Gasteiger partial charge in [-0.05, 0) is 66.8 Å². The van der Waals surface area contributed by atoms with Gasteiger partial charge in [0.05, 0.1) is 23.5 Å². The number of halogens is 2. The van der Waals surface area contributed by atoms with Crippen molar-refractivity contribution in [2.75, 3.05) is 39.9 Å². The van der Waals surface area contributed by atoms with Gasteiger partial charge in [0, 0.05) is 22.9 Å². The maximum atomic E-state index is 15.0. The number of carbonyl (C=O) groups is 1. The average molecular weight is 567 g/mol. The monoisotopic (exact) mass is 565 g/mol. The largest absolute Gasteiger partial charge is 0.443 e. The van der Waals surface area contributed by atoms with Crippen LogP contribution < -0.4 is 4.72 Å². The predicted octanol–water partition coefficient (Wildman–Crippen LogP) is 5.26. The van der Waals surface area contributed by atoms with E-state index in [2.05, 4.69) is 20.7 Å². The zero-order chi connectivity index (χ0) is 25.9. The van der Waals surface area contributed by atoms with Crippen molar-refractivity contribution in [2.45, 2.75) is 57.4 Å². The third-order valence-electron chi connectivity index (χ3n) is 5.59. The molecular weight excluding hydrogens is 529 g/mol. The van der Waals surface area contributed by atoms with Crippen LogP contribution >= 0.6 is 26.4 Å². The Balaban J connectivity index is 2.69. The molecule has 2 N–H and O–H groups in total. The molecule has 0 saturated carbocycles. The Hall–Kier alpha value is -1.24. The van der Waals surface area contributed by atoms with Gasteiger partial charge in [-0.1, -0.05) is 26.4 Å². The summed E-state index contributed by atoms with van der Waals surface area (Å²) in [5.41, 5.74) is -1.63. The first kappa shape index (κ1) is 29.0. The number of hydrogen-bond acceptors (Lipinski definition) is 7. The summed E-state index contributed by atoms with van der Waals surface area (Å²) in [6.45, 7) is 11.1. The normalized spacial score (nSPS) is 26.4. The molecule has 1 aliphatic heterocycles. The molecule has 11 heteroatoms. The molecule has 2 atom stereocenters. The summed E-state index contributed by atoms with van der Waals surface area (Å²) in [4.78, 5) is 19.5. The summed E-state index contributed by atoms with van der Waals surface area (Å²) in [5, 5.41) is 0. The Morgan fingerprint density at radius 2 is 1.97 bits per heavy atom. The maximum Gasteiger partial charge on any atom is 0.417 e.